The highest BCUT2D eigenvalue weighted by atomic mass is 32.2. The van der Waals surface area contributed by atoms with Crippen molar-refractivity contribution in [1.82, 2.24) is 23.6 Å². The molecule has 0 N–H and O–H groups in total. The van der Waals surface area contributed by atoms with Gasteiger partial charge in [0.2, 0.25) is 0 Å². The number of hydrogen-bond acceptors (Lipinski definition) is 6. The fourth-order valence-corrected chi connectivity index (χ4v) is 5.12. The Hall–Kier alpha value is -1.42. The van der Waals surface area contributed by atoms with Crippen LogP contribution in [0.4, 0.5) is 0 Å². The van der Waals surface area contributed by atoms with Gasteiger partial charge in [0, 0.05) is 45.8 Å². The van der Waals surface area contributed by atoms with Crippen molar-refractivity contribution >= 4 is 21.5 Å². The van der Waals surface area contributed by atoms with Gasteiger partial charge in [0.25, 0.3) is 10.2 Å². The first-order valence-electron chi connectivity index (χ1n) is 8.28. The van der Waals surface area contributed by atoms with Gasteiger partial charge >= 0.3 is 0 Å². The maximum Gasteiger partial charge on any atom is 0.281 e. The second-order valence-corrected chi connectivity index (χ2v) is 9.83. The van der Waals surface area contributed by atoms with Crippen LogP contribution in [-0.4, -0.2) is 59.2 Å². The van der Waals surface area contributed by atoms with Crippen LogP contribution in [0.2, 0.25) is 0 Å². The molecule has 9 heteroatoms. The minimum Gasteiger partial charge on any atom is -0.257 e. The molecule has 0 spiro atoms. The zero-order valence-corrected chi connectivity index (χ0v) is 16.3. The molecular formula is C16H23N5O2S2. The lowest BCUT2D eigenvalue weighted by atomic mass is 9.93. The highest BCUT2D eigenvalue weighted by Crippen LogP contribution is 2.29. The largest absolute Gasteiger partial charge is 0.281 e. The van der Waals surface area contributed by atoms with Gasteiger partial charge in [-0.25, -0.2) is 4.98 Å². The summed E-state index contributed by atoms with van der Waals surface area (Å²) in [5.74, 6) is 0.243. The smallest absolute Gasteiger partial charge is 0.257 e. The van der Waals surface area contributed by atoms with Gasteiger partial charge in [-0.05, 0) is 32.1 Å². The Labute approximate surface area is 152 Å². The predicted octanol–water partition coefficient (Wildman–Crippen LogP) is 1.97. The van der Waals surface area contributed by atoms with Crippen molar-refractivity contribution < 1.29 is 8.42 Å². The molecule has 0 aromatic carbocycles. The Morgan fingerprint density at radius 3 is 2.72 bits per heavy atom. The second kappa shape index (κ2) is 7.45. The average Bonchev–Trinajstić information content (AvgIpc) is 3.02. The molecule has 1 saturated heterocycles. The summed E-state index contributed by atoms with van der Waals surface area (Å²) in [4.78, 5) is 14.3. The summed E-state index contributed by atoms with van der Waals surface area (Å²) >= 11 is 1.60. The van der Waals surface area contributed by atoms with Gasteiger partial charge in [0.05, 0.1) is 15.6 Å². The van der Waals surface area contributed by atoms with Crippen LogP contribution in [-0.2, 0) is 16.6 Å². The lowest BCUT2D eigenvalue weighted by Gasteiger charge is -2.33. The molecule has 2 aromatic rings. The number of aromatic nitrogens is 3. The van der Waals surface area contributed by atoms with E-state index in [0.717, 1.165) is 40.5 Å². The minimum absolute atomic E-state index is 0.243. The molecule has 0 radical (unpaired) electrons. The number of nitrogens with zero attached hydrogens (tertiary/aromatic N) is 5. The van der Waals surface area contributed by atoms with E-state index in [2.05, 4.69) is 15.0 Å². The molecule has 7 nitrogen and oxygen atoms in total. The number of rotatable bonds is 5. The molecule has 3 heterocycles. The van der Waals surface area contributed by atoms with E-state index in [1.54, 1.807) is 42.1 Å². The second-order valence-electron chi connectivity index (χ2n) is 6.46. The standard InChI is InChI=1S/C16H23N5O2S2/c1-12-19-10-15(24-12)16-14(17-6-7-18-16)9-13-5-4-8-21(11-13)25(22,23)20(2)3/h6-7,10,13H,4-5,8-9,11H2,1-3H3. The van der Waals surface area contributed by atoms with E-state index in [1.807, 2.05) is 13.1 Å². The van der Waals surface area contributed by atoms with Crippen LogP contribution in [0.15, 0.2) is 18.6 Å². The molecule has 25 heavy (non-hydrogen) atoms. The summed E-state index contributed by atoms with van der Waals surface area (Å²) in [5, 5.41) is 0.993. The molecule has 0 bridgehead atoms. The molecule has 136 valence electrons. The fourth-order valence-electron chi connectivity index (χ4n) is 3.10. The molecule has 1 aliphatic rings. The summed E-state index contributed by atoms with van der Waals surface area (Å²) in [6, 6.07) is 0. The van der Waals surface area contributed by atoms with Gasteiger partial charge in [-0.1, -0.05) is 0 Å². The van der Waals surface area contributed by atoms with Crippen molar-refractivity contribution in [1.29, 1.82) is 0 Å². The highest BCUT2D eigenvalue weighted by Gasteiger charge is 2.31. The molecule has 1 unspecified atom stereocenters. The first-order valence-corrected chi connectivity index (χ1v) is 10.5. The van der Waals surface area contributed by atoms with Crippen molar-refractivity contribution in [2.24, 2.45) is 5.92 Å². The fraction of sp³-hybridized carbons (Fsp3) is 0.562. The monoisotopic (exact) mass is 381 g/mol. The molecule has 0 amide bonds. The van der Waals surface area contributed by atoms with Crippen molar-refractivity contribution in [3.05, 3.63) is 29.3 Å². The summed E-state index contributed by atoms with van der Waals surface area (Å²) in [6.07, 6.45) is 7.81. The van der Waals surface area contributed by atoms with E-state index in [9.17, 15) is 8.42 Å². The van der Waals surface area contributed by atoms with E-state index in [-0.39, 0.29) is 5.92 Å². The first-order chi connectivity index (χ1) is 11.9. The number of aryl methyl sites for hydroxylation is 1. The topological polar surface area (TPSA) is 79.3 Å². The van der Waals surface area contributed by atoms with E-state index in [0.29, 0.717) is 13.1 Å². The maximum absolute atomic E-state index is 12.4. The van der Waals surface area contributed by atoms with Crippen LogP contribution in [0.5, 0.6) is 0 Å². The molecular weight excluding hydrogens is 358 g/mol. The molecule has 1 fully saturated rings. The summed E-state index contributed by atoms with van der Waals surface area (Å²) in [6.45, 7) is 3.08. The number of piperidine rings is 1. The number of hydrogen-bond donors (Lipinski definition) is 0. The van der Waals surface area contributed by atoms with E-state index in [1.165, 1.54) is 4.31 Å². The van der Waals surface area contributed by atoms with Gasteiger partial charge < -0.3 is 0 Å². The van der Waals surface area contributed by atoms with Gasteiger partial charge in [-0.15, -0.1) is 11.3 Å². The third-order valence-electron chi connectivity index (χ3n) is 4.38. The summed E-state index contributed by atoms with van der Waals surface area (Å²) < 4.78 is 27.6. The van der Waals surface area contributed by atoms with Gasteiger partial charge in [-0.2, -0.15) is 17.0 Å². The van der Waals surface area contributed by atoms with Crippen LogP contribution in [0.3, 0.4) is 0 Å². The van der Waals surface area contributed by atoms with Crippen LogP contribution in [0, 0.1) is 12.8 Å². The lowest BCUT2D eigenvalue weighted by molar-refractivity contribution is 0.253. The van der Waals surface area contributed by atoms with Crippen LogP contribution >= 0.6 is 11.3 Å². The van der Waals surface area contributed by atoms with Gasteiger partial charge in [-0.3, -0.25) is 9.97 Å². The zero-order valence-electron chi connectivity index (χ0n) is 14.7. The maximum atomic E-state index is 12.4. The quantitative estimate of drug-likeness (QED) is 0.791. The molecule has 1 atom stereocenters. The third-order valence-corrected chi connectivity index (χ3v) is 7.21. The van der Waals surface area contributed by atoms with Crippen LogP contribution < -0.4 is 0 Å². The highest BCUT2D eigenvalue weighted by molar-refractivity contribution is 7.86. The van der Waals surface area contributed by atoms with Gasteiger partial charge in [0.1, 0.15) is 5.69 Å². The zero-order chi connectivity index (χ0) is 18.0. The van der Waals surface area contributed by atoms with Crippen molar-refractivity contribution in [2.75, 3.05) is 27.2 Å². The molecule has 2 aromatic heterocycles. The number of thiazole rings is 1. The molecule has 3 rings (SSSR count). The molecule has 0 aliphatic carbocycles. The van der Waals surface area contributed by atoms with Crippen LogP contribution in [0.25, 0.3) is 10.6 Å². The van der Waals surface area contributed by atoms with E-state index >= 15 is 0 Å². The normalized spacial score (nSPS) is 19.4. The van der Waals surface area contributed by atoms with Crippen molar-refractivity contribution in [3.63, 3.8) is 0 Å². The summed E-state index contributed by atoms with van der Waals surface area (Å²) in [5.41, 5.74) is 1.78. The molecule has 0 saturated carbocycles. The Morgan fingerprint density at radius 1 is 1.28 bits per heavy atom. The lowest BCUT2D eigenvalue weighted by Crippen LogP contribution is -2.45. The predicted molar refractivity (Wildman–Crippen MR) is 98.5 cm³/mol. The van der Waals surface area contributed by atoms with Crippen molar-refractivity contribution in [2.45, 2.75) is 26.2 Å². The van der Waals surface area contributed by atoms with Crippen molar-refractivity contribution in [3.8, 4) is 10.6 Å². The minimum atomic E-state index is -3.36. The van der Waals surface area contributed by atoms with E-state index in [4.69, 9.17) is 0 Å². The average molecular weight is 382 g/mol. The Balaban J connectivity index is 1.79. The third kappa shape index (κ3) is 4.05. The first kappa shape index (κ1) is 18.4. The Bertz CT molecular complexity index is 835. The summed E-state index contributed by atoms with van der Waals surface area (Å²) in [7, 11) is -0.211. The Morgan fingerprint density at radius 2 is 2.04 bits per heavy atom. The SMILES string of the molecule is Cc1ncc(-c2nccnc2CC2CCCN(S(=O)(=O)N(C)C)C2)s1. The van der Waals surface area contributed by atoms with E-state index < -0.39 is 10.2 Å². The Kier molecular flexibility index (Phi) is 5.47. The van der Waals surface area contributed by atoms with Crippen LogP contribution in [0.1, 0.15) is 23.5 Å². The molecule has 1 aliphatic heterocycles. The van der Waals surface area contributed by atoms with Gasteiger partial charge in [0.15, 0.2) is 0 Å².